The molecule has 6 N–H and O–H groups in total. The molecule has 1 saturated carbocycles. The van der Waals surface area contributed by atoms with Gasteiger partial charge in [-0.05, 0) is 75.9 Å². The lowest BCUT2D eigenvalue weighted by molar-refractivity contribution is -0.148. The summed E-state index contributed by atoms with van der Waals surface area (Å²) in [6.07, 6.45) is 7.59. The van der Waals surface area contributed by atoms with Gasteiger partial charge in [0, 0.05) is 29.6 Å². The molecule has 4 atom stereocenters. The number of hydrogen-bond acceptors (Lipinski definition) is 9. The second-order valence-corrected chi connectivity index (χ2v) is 13.1. The Labute approximate surface area is 250 Å². The summed E-state index contributed by atoms with van der Waals surface area (Å²) >= 11 is 6.91. The molecule has 1 amide bonds. The predicted octanol–water partition coefficient (Wildman–Crippen LogP) is 3.18. The molecule has 0 aromatic heterocycles. The first-order chi connectivity index (χ1) is 19.8. The summed E-state index contributed by atoms with van der Waals surface area (Å²) in [5.74, 6) is -6.16. The number of aliphatic hydroxyl groups excluding tert-OH is 2. The number of aliphatic hydroxyl groups is 3. The van der Waals surface area contributed by atoms with Gasteiger partial charge in [0.05, 0.1) is 11.6 Å². The number of phenols is 1. The molecular formula is C31H40ClN3O7. The molecule has 11 heteroatoms. The van der Waals surface area contributed by atoms with Crippen LogP contribution < -0.4 is 5.73 Å². The lowest BCUT2D eigenvalue weighted by atomic mass is 9.58. The minimum Gasteiger partial charge on any atom is -0.510 e. The maximum Gasteiger partial charge on any atom is 0.255 e. The van der Waals surface area contributed by atoms with Gasteiger partial charge in [-0.1, -0.05) is 37.3 Å². The number of nitrogens with zero attached hydrogens (tertiary/aromatic N) is 2. The number of allylic oxidation sites excluding steroid dienone is 1. The topological polar surface area (TPSA) is 165 Å². The quantitative estimate of drug-likeness (QED) is 0.243. The number of carbonyl (C=O) groups excluding carboxylic acids is 3. The van der Waals surface area contributed by atoms with Crippen molar-refractivity contribution in [3.8, 4) is 5.75 Å². The zero-order valence-corrected chi connectivity index (χ0v) is 25.1. The molecule has 0 aliphatic heterocycles. The minimum atomic E-state index is -2.66. The fraction of sp³-hybridized carbons (Fsp3) is 0.581. The van der Waals surface area contributed by atoms with E-state index in [4.69, 9.17) is 17.3 Å². The largest absolute Gasteiger partial charge is 0.510 e. The second-order valence-electron chi connectivity index (χ2n) is 12.7. The van der Waals surface area contributed by atoms with Crippen LogP contribution in [0.3, 0.4) is 0 Å². The Balaban J connectivity index is 1.52. The summed E-state index contributed by atoms with van der Waals surface area (Å²) in [5, 5.41) is 45.5. The smallest absolute Gasteiger partial charge is 0.255 e. The molecule has 1 aromatic rings. The highest BCUT2D eigenvalue weighted by Gasteiger charge is 2.63. The fourth-order valence-electron chi connectivity index (χ4n) is 7.81. The van der Waals surface area contributed by atoms with Gasteiger partial charge >= 0.3 is 0 Å². The first kappa shape index (κ1) is 30.5. The molecule has 1 aromatic carbocycles. The van der Waals surface area contributed by atoms with Crippen LogP contribution in [-0.2, 0) is 22.6 Å². The number of phenolic OH excluding ortho intramolecular Hbond substituents is 1. The van der Waals surface area contributed by atoms with Crippen molar-refractivity contribution in [1.82, 2.24) is 9.80 Å². The van der Waals surface area contributed by atoms with Crippen LogP contribution >= 0.6 is 11.6 Å². The van der Waals surface area contributed by atoms with E-state index in [1.807, 2.05) is 7.05 Å². The normalized spacial score (nSPS) is 28.6. The third-order valence-electron chi connectivity index (χ3n) is 9.72. The Bertz CT molecular complexity index is 1400. The van der Waals surface area contributed by atoms with E-state index < -0.39 is 58.0 Å². The van der Waals surface area contributed by atoms with Crippen LogP contribution in [0.5, 0.6) is 5.75 Å². The van der Waals surface area contributed by atoms with Crippen molar-refractivity contribution in [2.75, 3.05) is 27.7 Å². The highest BCUT2D eigenvalue weighted by molar-refractivity contribution is 6.33. The standard InChI is InChI=1S/C31H40ClN3O7/c1-34(2)25-19-11-16-10-18-22(26(37)21(16)28(39)31(19,42)29(40)23(27(25)38)30(33)41)20(36)12-17(24(18)32)14-35(3)13-15-8-6-4-5-7-9-15/h12,15-16,19,25,36,38-39,42H,4-11,13-14H2,1-3H3,(H2,33,41)/t16-,19-,25-,31-/m0/s1. The molecule has 5 rings (SSSR count). The van der Waals surface area contributed by atoms with Gasteiger partial charge in [0.2, 0.25) is 5.78 Å². The maximum atomic E-state index is 13.8. The lowest BCUT2D eigenvalue weighted by Crippen LogP contribution is -2.63. The Kier molecular flexibility index (Phi) is 8.21. The average molecular weight is 602 g/mol. The summed E-state index contributed by atoms with van der Waals surface area (Å²) in [5.41, 5.74) is 2.76. The number of aromatic hydroxyl groups is 1. The third-order valence-corrected chi connectivity index (χ3v) is 10.2. The molecular weight excluding hydrogens is 562 g/mol. The Hall–Kier alpha value is -2.92. The molecule has 4 aliphatic carbocycles. The van der Waals surface area contributed by atoms with Crippen molar-refractivity contribution in [3.05, 3.63) is 50.4 Å². The van der Waals surface area contributed by atoms with E-state index in [0.29, 0.717) is 28.6 Å². The average Bonchev–Trinajstić information content (AvgIpc) is 3.17. The van der Waals surface area contributed by atoms with E-state index in [0.717, 1.165) is 6.54 Å². The number of Topliss-reactive ketones (excluding diaryl/α,β-unsaturated/α-hetero) is 2. The van der Waals surface area contributed by atoms with Crippen LogP contribution in [0.1, 0.15) is 66.4 Å². The van der Waals surface area contributed by atoms with E-state index in [9.17, 15) is 34.8 Å². The lowest BCUT2D eigenvalue weighted by Gasteiger charge is -2.50. The highest BCUT2D eigenvalue weighted by atomic mass is 35.5. The molecule has 1 fully saturated rings. The van der Waals surface area contributed by atoms with E-state index in [-0.39, 0.29) is 29.7 Å². The van der Waals surface area contributed by atoms with Gasteiger partial charge in [-0.25, -0.2) is 0 Å². The number of primary amides is 1. The number of benzene rings is 1. The van der Waals surface area contributed by atoms with Gasteiger partial charge in [-0.3, -0.25) is 19.3 Å². The number of likely N-dealkylation sites (N-methyl/N-ethyl adjacent to an activating group) is 1. The second kappa shape index (κ2) is 11.3. The molecule has 0 bridgehead atoms. The van der Waals surface area contributed by atoms with E-state index in [2.05, 4.69) is 4.90 Å². The van der Waals surface area contributed by atoms with E-state index in [1.165, 1.54) is 49.5 Å². The molecule has 0 spiro atoms. The summed E-state index contributed by atoms with van der Waals surface area (Å²) in [6.45, 7) is 1.39. The molecule has 0 saturated heterocycles. The number of halogens is 1. The van der Waals surface area contributed by atoms with E-state index >= 15 is 0 Å². The van der Waals surface area contributed by atoms with Gasteiger partial charge in [-0.15, -0.1) is 0 Å². The number of nitrogens with two attached hydrogens (primary N) is 1. The molecule has 4 aliphatic rings. The summed E-state index contributed by atoms with van der Waals surface area (Å²) in [4.78, 5) is 43.1. The van der Waals surface area contributed by atoms with Crippen molar-refractivity contribution in [2.24, 2.45) is 23.5 Å². The van der Waals surface area contributed by atoms with Crippen molar-refractivity contribution in [3.63, 3.8) is 0 Å². The highest BCUT2D eigenvalue weighted by Crippen LogP contribution is 2.53. The van der Waals surface area contributed by atoms with Crippen molar-refractivity contribution < 1.29 is 34.8 Å². The number of hydrogen-bond donors (Lipinski definition) is 5. The molecule has 0 heterocycles. The van der Waals surface area contributed by atoms with E-state index in [1.54, 1.807) is 14.1 Å². The summed E-state index contributed by atoms with van der Waals surface area (Å²) < 4.78 is 0. The molecule has 42 heavy (non-hydrogen) atoms. The van der Waals surface area contributed by atoms with Crippen molar-refractivity contribution in [2.45, 2.75) is 69.6 Å². The SMILES string of the molecule is CN(Cc1cc(O)c2c(c1Cl)C[C@H]1C[C@H]3[C@H](N(C)C)C(O)=C(C(N)=O)C(=O)[C@@]3(O)C(O)=C1C2=O)CC1CCCCCC1. The number of amides is 1. The molecule has 0 radical (unpaired) electrons. The van der Waals surface area contributed by atoms with Crippen LogP contribution in [0.2, 0.25) is 5.02 Å². The summed E-state index contributed by atoms with van der Waals surface area (Å²) in [7, 11) is 5.21. The number of carbonyl (C=O) groups is 3. The zero-order chi connectivity index (χ0) is 30.7. The zero-order valence-electron chi connectivity index (χ0n) is 24.3. The minimum absolute atomic E-state index is 0.0225. The molecule has 228 valence electrons. The maximum absolute atomic E-state index is 13.8. The van der Waals surface area contributed by atoms with Gasteiger partial charge < -0.3 is 31.1 Å². The fourth-order valence-corrected chi connectivity index (χ4v) is 8.10. The Morgan fingerprint density at radius 3 is 2.33 bits per heavy atom. The van der Waals surface area contributed by atoms with Gasteiger partial charge in [-0.2, -0.15) is 0 Å². The van der Waals surface area contributed by atoms with Gasteiger partial charge in [0.1, 0.15) is 22.8 Å². The van der Waals surface area contributed by atoms with Crippen molar-refractivity contribution in [1.29, 1.82) is 0 Å². The monoisotopic (exact) mass is 601 g/mol. The number of fused-ring (bicyclic) bond motifs is 3. The van der Waals surface area contributed by atoms with Crippen LogP contribution in [0, 0.1) is 17.8 Å². The molecule has 10 nitrogen and oxygen atoms in total. The van der Waals surface area contributed by atoms with Crippen LogP contribution in [0.25, 0.3) is 0 Å². The first-order valence-electron chi connectivity index (χ1n) is 14.7. The number of rotatable bonds is 6. The summed E-state index contributed by atoms with van der Waals surface area (Å²) in [6, 6.07) is 0.434. The van der Waals surface area contributed by atoms with Crippen LogP contribution in [0.15, 0.2) is 28.7 Å². The van der Waals surface area contributed by atoms with Gasteiger partial charge in [0.15, 0.2) is 11.4 Å². The number of ketones is 2. The Morgan fingerprint density at radius 2 is 1.74 bits per heavy atom. The third kappa shape index (κ3) is 4.82. The van der Waals surface area contributed by atoms with Crippen molar-refractivity contribution >= 4 is 29.1 Å². The van der Waals surface area contributed by atoms with Crippen LogP contribution in [-0.4, -0.2) is 87.0 Å². The first-order valence-corrected chi connectivity index (χ1v) is 15.0. The van der Waals surface area contributed by atoms with Gasteiger partial charge in [0.25, 0.3) is 5.91 Å². The molecule has 0 unspecified atom stereocenters. The van der Waals surface area contributed by atoms with Crippen LogP contribution in [0.4, 0.5) is 0 Å². The predicted molar refractivity (Wildman–Crippen MR) is 156 cm³/mol. The Morgan fingerprint density at radius 1 is 1.10 bits per heavy atom.